The third-order valence-electron chi connectivity index (χ3n) is 2.94. The van der Waals surface area contributed by atoms with Gasteiger partial charge in [-0.3, -0.25) is 4.98 Å². The number of hydrogen-bond donors (Lipinski definition) is 2. The summed E-state index contributed by atoms with van der Waals surface area (Å²) in [5.41, 5.74) is 7.68. The number of pyridine rings is 1. The van der Waals surface area contributed by atoms with E-state index in [1.165, 1.54) is 11.3 Å². The van der Waals surface area contributed by atoms with Crippen molar-refractivity contribution in [1.29, 1.82) is 0 Å². The number of halogens is 1. The minimum absolute atomic E-state index is 0.186. The van der Waals surface area contributed by atoms with Crippen molar-refractivity contribution < 1.29 is 5.11 Å². The molecule has 0 saturated carbocycles. The van der Waals surface area contributed by atoms with Crippen molar-refractivity contribution in [2.24, 2.45) is 5.73 Å². The van der Waals surface area contributed by atoms with Gasteiger partial charge >= 0.3 is 0 Å². The fraction of sp³-hybridized carbons (Fsp3) is 0.308. The summed E-state index contributed by atoms with van der Waals surface area (Å²) in [5.74, 6) is -0.186. The first-order valence-corrected chi connectivity index (χ1v) is 6.92. The maximum atomic E-state index is 10.4. The molecule has 0 saturated heterocycles. The predicted molar refractivity (Wildman–Crippen MR) is 75.1 cm³/mol. The van der Waals surface area contributed by atoms with Gasteiger partial charge in [-0.25, -0.2) is 0 Å². The maximum absolute atomic E-state index is 10.4. The highest BCUT2D eigenvalue weighted by Gasteiger charge is 2.25. The van der Waals surface area contributed by atoms with E-state index in [0.29, 0.717) is 11.6 Å². The Morgan fingerprint density at radius 2 is 2.33 bits per heavy atom. The molecule has 18 heavy (non-hydrogen) atoms. The van der Waals surface area contributed by atoms with Crippen molar-refractivity contribution in [2.45, 2.75) is 18.9 Å². The standard InChI is InChI=1S/C13H15ClN2OS/c1-8-7-18-13(11(8)14)12(17)10(5-15)9-3-2-4-16-6-9/h2-4,6-7,10,12,17H,5,15H2,1H3. The molecule has 0 radical (unpaired) electrons. The zero-order valence-corrected chi connectivity index (χ0v) is 11.6. The largest absolute Gasteiger partial charge is 0.387 e. The van der Waals surface area contributed by atoms with Gasteiger partial charge in [0.2, 0.25) is 0 Å². The number of aryl methyl sites for hydroxylation is 1. The van der Waals surface area contributed by atoms with Crippen LogP contribution >= 0.6 is 22.9 Å². The molecule has 3 N–H and O–H groups in total. The predicted octanol–water partition coefficient (Wildman–Crippen LogP) is 2.88. The number of hydrogen-bond acceptors (Lipinski definition) is 4. The van der Waals surface area contributed by atoms with Crippen molar-refractivity contribution in [3.05, 3.63) is 50.9 Å². The summed E-state index contributed by atoms with van der Waals surface area (Å²) in [5, 5.41) is 13.0. The molecule has 2 unspecified atom stereocenters. The van der Waals surface area contributed by atoms with Crippen molar-refractivity contribution in [2.75, 3.05) is 6.54 Å². The Morgan fingerprint density at radius 3 is 2.83 bits per heavy atom. The lowest BCUT2D eigenvalue weighted by Crippen LogP contribution is -2.19. The molecule has 2 heterocycles. The van der Waals surface area contributed by atoms with Crippen LogP contribution in [0.15, 0.2) is 29.9 Å². The van der Waals surface area contributed by atoms with Gasteiger partial charge in [0.1, 0.15) is 0 Å². The third kappa shape index (κ3) is 2.57. The molecule has 0 bridgehead atoms. The second kappa shape index (κ2) is 5.80. The Hall–Kier alpha value is -0.940. The molecule has 2 aromatic heterocycles. The van der Waals surface area contributed by atoms with Crippen molar-refractivity contribution in [3.63, 3.8) is 0 Å². The van der Waals surface area contributed by atoms with Crippen LogP contribution in [0, 0.1) is 6.92 Å². The normalized spacial score (nSPS) is 14.4. The van der Waals surface area contributed by atoms with E-state index >= 15 is 0 Å². The van der Waals surface area contributed by atoms with E-state index in [1.54, 1.807) is 12.4 Å². The molecule has 2 atom stereocenters. The van der Waals surface area contributed by atoms with E-state index < -0.39 is 6.10 Å². The third-order valence-corrected chi connectivity index (χ3v) is 4.73. The van der Waals surface area contributed by atoms with Gasteiger partial charge < -0.3 is 10.8 Å². The van der Waals surface area contributed by atoms with Gasteiger partial charge in [-0.15, -0.1) is 11.3 Å². The number of aliphatic hydroxyl groups is 1. The quantitative estimate of drug-likeness (QED) is 0.906. The van der Waals surface area contributed by atoms with E-state index in [1.807, 2.05) is 24.4 Å². The molecular formula is C13H15ClN2OS. The molecule has 2 aromatic rings. The molecule has 0 aliphatic heterocycles. The van der Waals surface area contributed by atoms with E-state index in [4.69, 9.17) is 17.3 Å². The Balaban J connectivity index is 2.31. The Morgan fingerprint density at radius 1 is 1.56 bits per heavy atom. The highest BCUT2D eigenvalue weighted by Crippen LogP contribution is 2.38. The SMILES string of the molecule is Cc1csc(C(O)C(CN)c2cccnc2)c1Cl. The number of aliphatic hydroxyl groups excluding tert-OH is 1. The molecule has 0 aliphatic carbocycles. The molecule has 0 amide bonds. The first-order chi connectivity index (χ1) is 8.65. The molecule has 0 aliphatic rings. The van der Waals surface area contributed by atoms with Crippen LogP contribution in [0.4, 0.5) is 0 Å². The van der Waals surface area contributed by atoms with Gasteiger partial charge in [-0.05, 0) is 29.5 Å². The van der Waals surface area contributed by atoms with Crippen LogP contribution < -0.4 is 5.73 Å². The summed E-state index contributed by atoms with van der Waals surface area (Å²) in [6.45, 7) is 2.27. The highest BCUT2D eigenvalue weighted by atomic mass is 35.5. The van der Waals surface area contributed by atoms with Crippen molar-refractivity contribution in [3.8, 4) is 0 Å². The van der Waals surface area contributed by atoms with E-state index in [-0.39, 0.29) is 5.92 Å². The van der Waals surface area contributed by atoms with Crippen LogP contribution in [-0.2, 0) is 0 Å². The summed E-state index contributed by atoms with van der Waals surface area (Å²) >= 11 is 7.65. The van der Waals surface area contributed by atoms with E-state index in [9.17, 15) is 5.11 Å². The summed E-state index contributed by atoms with van der Waals surface area (Å²) < 4.78 is 0. The van der Waals surface area contributed by atoms with Gasteiger partial charge in [0.25, 0.3) is 0 Å². The topological polar surface area (TPSA) is 59.1 Å². The minimum Gasteiger partial charge on any atom is -0.387 e. The van der Waals surface area contributed by atoms with Crippen LogP contribution in [0.25, 0.3) is 0 Å². The first-order valence-electron chi connectivity index (χ1n) is 5.66. The lowest BCUT2D eigenvalue weighted by Gasteiger charge is -2.21. The number of aromatic nitrogens is 1. The number of nitrogens with two attached hydrogens (primary N) is 1. The van der Waals surface area contributed by atoms with Crippen LogP contribution in [0.3, 0.4) is 0 Å². The summed E-state index contributed by atoms with van der Waals surface area (Å²) in [6, 6.07) is 3.76. The first kappa shape index (κ1) is 13.5. The Labute approximate surface area is 115 Å². The molecule has 0 spiro atoms. The zero-order valence-electron chi connectivity index (χ0n) is 10.0. The summed E-state index contributed by atoms with van der Waals surface area (Å²) in [7, 11) is 0. The Bertz CT molecular complexity index is 515. The molecule has 5 heteroatoms. The molecule has 96 valence electrons. The van der Waals surface area contributed by atoms with Gasteiger partial charge in [0.15, 0.2) is 0 Å². The fourth-order valence-electron chi connectivity index (χ4n) is 1.87. The summed E-state index contributed by atoms with van der Waals surface area (Å²) in [4.78, 5) is 4.83. The monoisotopic (exact) mass is 282 g/mol. The van der Waals surface area contributed by atoms with Gasteiger partial charge in [0.05, 0.1) is 16.0 Å². The van der Waals surface area contributed by atoms with E-state index in [2.05, 4.69) is 4.98 Å². The highest BCUT2D eigenvalue weighted by molar-refractivity contribution is 7.10. The van der Waals surface area contributed by atoms with Crippen LogP contribution in [-0.4, -0.2) is 16.6 Å². The second-order valence-corrected chi connectivity index (χ2v) is 5.46. The van der Waals surface area contributed by atoms with E-state index in [0.717, 1.165) is 16.0 Å². The van der Waals surface area contributed by atoms with Crippen molar-refractivity contribution >= 4 is 22.9 Å². The fourth-order valence-corrected chi connectivity index (χ4v) is 3.23. The summed E-state index contributed by atoms with van der Waals surface area (Å²) in [6.07, 6.45) is 2.74. The van der Waals surface area contributed by atoms with Crippen LogP contribution in [0.1, 0.15) is 28.0 Å². The van der Waals surface area contributed by atoms with Crippen LogP contribution in [0.2, 0.25) is 5.02 Å². The average Bonchev–Trinajstić information content (AvgIpc) is 2.72. The number of rotatable bonds is 4. The smallest absolute Gasteiger partial charge is 0.0977 e. The molecular weight excluding hydrogens is 268 g/mol. The molecule has 0 aromatic carbocycles. The van der Waals surface area contributed by atoms with Gasteiger partial charge in [0, 0.05) is 24.9 Å². The lowest BCUT2D eigenvalue weighted by molar-refractivity contribution is 0.151. The molecule has 3 nitrogen and oxygen atoms in total. The van der Waals surface area contributed by atoms with Gasteiger partial charge in [-0.1, -0.05) is 17.7 Å². The lowest BCUT2D eigenvalue weighted by atomic mass is 9.93. The Kier molecular flexibility index (Phi) is 4.35. The second-order valence-electron chi connectivity index (χ2n) is 4.17. The maximum Gasteiger partial charge on any atom is 0.0977 e. The molecule has 0 fully saturated rings. The van der Waals surface area contributed by atoms with Crippen molar-refractivity contribution in [1.82, 2.24) is 4.98 Å². The van der Waals surface area contributed by atoms with Gasteiger partial charge in [-0.2, -0.15) is 0 Å². The zero-order chi connectivity index (χ0) is 13.1. The number of thiophene rings is 1. The minimum atomic E-state index is -0.689. The number of nitrogens with zero attached hydrogens (tertiary/aromatic N) is 1. The average molecular weight is 283 g/mol. The van der Waals surface area contributed by atoms with Crippen LogP contribution in [0.5, 0.6) is 0 Å². The molecule has 2 rings (SSSR count).